The van der Waals surface area contributed by atoms with Crippen molar-refractivity contribution in [2.24, 2.45) is 0 Å². The van der Waals surface area contributed by atoms with Gasteiger partial charge < -0.3 is 15.0 Å². The van der Waals surface area contributed by atoms with E-state index in [0.29, 0.717) is 0 Å². The van der Waals surface area contributed by atoms with Crippen molar-refractivity contribution in [1.29, 1.82) is 0 Å². The van der Waals surface area contributed by atoms with E-state index in [1.54, 1.807) is 0 Å². The third-order valence-corrected chi connectivity index (χ3v) is 4.11. The molecule has 0 fully saturated rings. The zero-order valence-electron chi connectivity index (χ0n) is 12.5. The maximum atomic E-state index is 10.6. The van der Waals surface area contributed by atoms with Crippen LogP contribution in [0.5, 0.6) is 5.88 Å². The predicted molar refractivity (Wildman–Crippen MR) is 91.1 cm³/mol. The van der Waals surface area contributed by atoms with Crippen LogP contribution in [0, 0.1) is 0 Å². The number of aromatic nitrogens is 2. The minimum absolute atomic E-state index is 0.268. The normalized spacial score (nSPS) is 11.4. The fraction of sp³-hybridized carbons (Fsp3) is 0.111. The SMILES string of the molecule is CN(C)c1ccc2cn(-c3ccc4cc[nH]c4c3)c(O)c2c1. The van der Waals surface area contributed by atoms with Crippen LogP contribution in [0.1, 0.15) is 0 Å². The highest BCUT2D eigenvalue weighted by atomic mass is 16.3. The van der Waals surface area contributed by atoms with Gasteiger partial charge in [-0.2, -0.15) is 0 Å². The van der Waals surface area contributed by atoms with Crippen LogP contribution in [0.2, 0.25) is 0 Å². The smallest absolute Gasteiger partial charge is 0.203 e. The predicted octanol–water partition coefficient (Wildman–Crippen LogP) is 3.88. The summed E-state index contributed by atoms with van der Waals surface area (Å²) >= 11 is 0. The standard InChI is InChI=1S/C18H17N3O/c1-20(2)14-5-4-13-11-21(18(22)16(13)9-14)15-6-3-12-7-8-19-17(12)10-15/h3-11,19,22H,1-2H3. The number of hydrogen-bond acceptors (Lipinski definition) is 2. The van der Waals surface area contributed by atoms with Gasteiger partial charge in [0.25, 0.3) is 0 Å². The molecule has 0 aliphatic carbocycles. The minimum Gasteiger partial charge on any atom is -0.494 e. The molecular weight excluding hydrogens is 274 g/mol. The molecule has 4 rings (SSSR count). The second kappa shape index (κ2) is 4.56. The van der Waals surface area contributed by atoms with Crippen LogP contribution in [0.3, 0.4) is 0 Å². The van der Waals surface area contributed by atoms with Crippen LogP contribution >= 0.6 is 0 Å². The molecule has 0 spiro atoms. The molecule has 4 aromatic rings. The lowest BCUT2D eigenvalue weighted by Crippen LogP contribution is -2.07. The highest BCUT2D eigenvalue weighted by molar-refractivity contribution is 5.92. The number of nitrogens with one attached hydrogen (secondary N) is 1. The number of fused-ring (bicyclic) bond motifs is 2. The van der Waals surface area contributed by atoms with Gasteiger partial charge in [-0.1, -0.05) is 12.1 Å². The Kier molecular flexibility index (Phi) is 2.66. The van der Waals surface area contributed by atoms with E-state index in [9.17, 15) is 5.11 Å². The molecule has 4 heteroatoms. The van der Waals surface area contributed by atoms with Crippen LogP contribution in [-0.4, -0.2) is 28.8 Å². The average molecular weight is 291 g/mol. The van der Waals surface area contributed by atoms with Gasteiger partial charge >= 0.3 is 0 Å². The van der Waals surface area contributed by atoms with E-state index in [1.165, 1.54) is 0 Å². The first kappa shape index (κ1) is 12.8. The maximum absolute atomic E-state index is 10.6. The van der Waals surface area contributed by atoms with E-state index in [2.05, 4.69) is 17.1 Å². The van der Waals surface area contributed by atoms with Crippen LogP contribution in [0.4, 0.5) is 5.69 Å². The van der Waals surface area contributed by atoms with Gasteiger partial charge in [-0.25, -0.2) is 0 Å². The summed E-state index contributed by atoms with van der Waals surface area (Å²) in [5.74, 6) is 0.268. The summed E-state index contributed by atoms with van der Waals surface area (Å²) in [5.41, 5.74) is 3.07. The topological polar surface area (TPSA) is 44.2 Å². The van der Waals surface area contributed by atoms with Crippen molar-refractivity contribution in [3.8, 4) is 11.6 Å². The third-order valence-electron chi connectivity index (χ3n) is 4.11. The Balaban J connectivity index is 1.92. The Labute approximate surface area is 128 Å². The second-order valence-electron chi connectivity index (χ2n) is 5.74. The van der Waals surface area contributed by atoms with Crippen LogP contribution in [0.15, 0.2) is 54.9 Å². The number of hydrogen-bond donors (Lipinski definition) is 2. The van der Waals surface area contributed by atoms with Crippen molar-refractivity contribution < 1.29 is 5.11 Å². The lowest BCUT2D eigenvalue weighted by molar-refractivity contribution is 0.448. The molecule has 2 heterocycles. The van der Waals surface area contributed by atoms with Gasteiger partial charge in [-0.3, -0.25) is 4.57 Å². The molecule has 0 atom stereocenters. The van der Waals surface area contributed by atoms with E-state index in [0.717, 1.165) is 33.1 Å². The number of benzene rings is 2. The first-order valence-corrected chi connectivity index (χ1v) is 7.22. The zero-order valence-corrected chi connectivity index (χ0v) is 12.5. The molecule has 110 valence electrons. The quantitative estimate of drug-likeness (QED) is 0.588. The van der Waals surface area contributed by atoms with Gasteiger partial charge in [0.1, 0.15) is 0 Å². The Hall–Kier alpha value is -2.88. The molecule has 0 aliphatic heterocycles. The number of aromatic amines is 1. The lowest BCUT2D eigenvalue weighted by Gasteiger charge is -2.11. The summed E-state index contributed by atoms with van der Waals surface area (Å²) in [4.78, 5) is 5.23. The zero-order chi connectivity index (χ0) is 15.3. The third kappa shape index (κ3) is 1.84. The second-order valence-corrected chi connectivity index (χ2v) is 5.74. The first-order valence-electron chi connectivity index (χ1n) is 7.22. The van der Waals surface area contributed by atoms with Crippen molar-refractivity contribution in [3.05, 3.63) is 54.9 Å². The van der Waals surface area contributed by atoms with Crippen LogP contribution < -0.4 is 4.90 Å². The summed E-state index contributed by atoms with van der Waals surface area (Å²) in [6.07, 6.45) is 3.89. The van der Waals surface area contributed by atoms with Crippen molar-refractivity contribution >= 4 is 27.4 Å². The average Bonchev–Trinajstić information content (AvgIpc) is 3.11. The summed E-state index contributed by atoms with van der Waals surface area (Å²) < 4.78 is 1.82. The summed E-state index contributed by atoms with van der Waals surface area (Å²) in [7, 11) is 3.99. The van der Waals surface area contributed by atoms with Crippen molar-refractivity contribution in [3.63, 3.8) is 0 Å². The molecule has 4 nitrogen and oxygen atoms in total. The Morgan fingerprint density at radius 3 is 2.64 bits per heavy atom. The molecule has 2 aromatic carbocycles. The first-order chi connectivity index (χ1) is 10.6. The fourth-order valence-corrected chi connectivity index (χ4v) is 2.84. The van der Waals surface area contributed by atoms with Gasteiger partial charge in [-0.15, -0.1) is 0 Å². The number of rotatable bonds is 2. The van der Waals surface area contributed by atoms with Gasteiger partial charge in [0.15, 0.2) is 0 Å². The Morgan fingerprint density at radius 2 is 1.82 bits per heavy atom. The van der Waals surface area contributed by atoms with Crippen LogP contribution in [-0.2, 0) is 0 Å². The molecule has 0 amide bonds. The molecule has 0 saturated carbocycles. The molecule has 0 bridgehead atoms. The highest BCUT2D eigenvalue weighted by Gasteiger charge is 2.11. The molecule has 0 aliphatic rings. The number of nitrogens with zero attached hydrogens (tertiary/aromatic N) is 2. The van der Waals surface area contributed by atoms with E-state index in [4.69, 9.17) is 0 Å². The number of anilines is 1. The minimum atomic E-state index is 0.268. The van der Waals surface area contributed by atoms with Crippen LogP contribution in [0.25, 0.3) is 27.4 Å². The lowest BCUT2D eigenvalue weighted by atomic mass is 10.2. The van der Waals surface area contributed by atoms with Gasteiger partial charge in [0.05, 0.1) is 5.69 Å². The number of aromatic hydroxyl groups is 1. The Morgan fingerprint density at radius 1 is 1.00 bits per heavy atom. The maximum Gasteiger partial charge on any atom is 0.203 e. The van der Waals surface area contributed by atoms with E-state index >= 15 is 0 Å². The highest BCUT2D eigenvalue weighted by Crippen LogP contribution is 2.33. The van der Waals surface area contributed by atoms with Gasteiger partial charge in [0.2, 0.25) is 5.88 Å². The molecule has 2 N–H and O–H groups in total. The van der Waals surface area contributed by atoms with Crippen molar-refractivity contribution in [2.75, 3.05) is 19.0 Å². The number of H-pyrrole nitrogens is 1. The fourth-order valence-electron chi connectivity index (χ4n) is 2.84. The van der Waals surface area contributed by atoms with E-state index in [-0.39, 0.29) is 5.88 Å². The monoisotopic (exact) mass is 291 g/mol. The summed E-state index contributed by atoms with van der Waals surface area (Å²) in [6.45, 7) is 0. The van der Waals surface area contributed by atoms with E-state index in [1.807, 2.05) is 66.3 Å². The molecule has 2 aromatic heterocycles. The Bertz CT molecular complexity index is 979. The molecule has 0 unspecified atom stereocenters. The molecule has 22 heavy (non-hydrogen) atoms. The van der Waals surface area contributed by atoms with Gasteiger partial charge in [0, 0.05) is 48.5 Å². The molecule has 0 radical (unpaired) electrons. The largest absolute Gasteiger partial charge is 0.494 e. The van der Waals surface area contributed by atoms with Gasteiger partial charge in [-0.05, 0) is 35.7 Å². The molecular formula is C18H17N3O. The molecule has 0 saturated heterocycles. The van der Waals surface area contributed by atoms with Crippen molar-refractivity contribution in [2.45, 2.75) is 0 Å². The summed E-state index contributed by atoms with van der Waals surface area (Å²) in [6, 6.07) is 14.2. The van der Waals surface area contributed by atoms with Crippen molar-refractivity contribution in [1.82, 2.24) is 9.55 Å². The van der Waals surface area contributed by atoms with E-state index < -0.39 is 0 Å². The summed E-state index contributed by atoms with van der Waals surface area (Å²) in [5, 5.41) is 13.6.